The van der Waals surface area contributed by atoms with E-state index in [9.17, 15) is 0 Å². The van der Waals surface area contributed by atoms with Gasteiger partial charge in [0.15, 0.2) is 0 Å². The van der Waals surface area contributed by atoms with Gasteiger partial charge in [-0.25, -0.2) is 0 Å². The third-order valence-corrected chi connectivity index (χ3v) is 2.81. The van der Waals surface area contributed by atoms with Gasteiger partial charge in [0, 0.05) is 0 Å². The monoisotopic (exact) mass is 192 g/mol. The molecule has 2 nitrogen and oxygen atoms in total. The number of nitrogen functional groups attached to an aromatic ring is 2. The molecule has 0 spiro atoms. The fraction of sp³-hybridized carbons (Fsp3) is 0.500. The molecule has 0 fully saturated rings. The van der Waals surface area contributed by atoms with Gasteiger partial charge in [-0.15, -0.1) is 0 Å². The molecule has 0 saturated heterocycles. The molecule has 0 aromatic heterocycles. The summed E-state index contributed by atoms with van der Waals surface area (Å²) >= 11 is 0. The maximum absolute atomic E-state index is 5.97. The van der Waals surface area contributed by atoms with Crippen molar-refractivity contribution in [3.05, 3.63) is 22.8 Å². The molecule has 78 valence electrons. The van der Waals surface area contributed by atoms with Gasteiger partial charge in [0.25, 0.3) is 0 Å². The molecule has 0 amide bonds. The smallest absolute Gasteiger partial charge is 0.0583 e. The molecule has 0 aliphatic rings. The summed E-state index contributed by atoms with van der Waals surface area (Å²) in [4.78, 5) is 0. The molecule has 0 atom stereocenters. The lowest BCUT2D eigenvalue weighted by Crippen LogP contribution is -2.06. The van der Waals surface area contributed by atoms with Crippen LogP contribution in [0.4, 0.5) is 11.4 Å². The lowest BCUT2D eigenvalue weighted by Gasteiger charge is -2.16. The van der Waals surface area contributed by atoms with E-state index >= 15 is 0 Å². The predicted octanol–water partition coefficient (Wildman–Crippen LogP) is 2.54. The van der Waals surface area contributed by atoms with E-state index in [0.717, 1.165) is 30.6 Å². The summed E-state index contributed by atoms with van der Waals surface area (Å²) in [6.07, 6.45) is 3.03. The molecular formula is C12H20N2. The average Bonchev–Trinajstić information content (AvgIpc) is 2.20. The van der Waals surface area contributed by atoms with E-state index in [1.807, 2.05) is 6.07 Å². The minimum absolute atomic E-state index is 0.732. The topological polar surface area (TPSA) is 52.0 Å². The molecule has 0 unspecified atom stereocenters. The van der Waals surface area contributed by atoms with Gasteiger partial charge in [0.05, 0.1) is 11.4 Å². The van der Waals surface area contributed by atoms with Gasteiger partial charge in [0.2, 0.25) is 0 Å². The fourth-order valence-electron chi connectivity index (χ4n) is 2.04. The van der Waals surface area contributed by atoms with Crippen molar-refractivity contribution in [3.63, 3.8) is 0 Å². The van der Waals surface area contributed by atoms with Crippen LogP contribution in [0.1, 0.15) is 37.5 Å². The van der Waals surface area contributed by atoms with Crippen LogP contribution in [0, 0.1) is 0 Å². The van der Waals surface area contributed by atoms with Crippen molar-refractivity contribution in [1.82, 2.24) is 0 Å². The standard InChI is InChI=1S/C12H20N2/c1-4-8-7-11(13)12(14)10(6-3)9(8)5-2/h7H,4-6,13-14H2,1-3H3. The van der Waals surface area contributed by atoms with E-state index in [2.05, 4.69) is 20.8 Å². The van der Waals surface area contributed by atoms with Gasteiger partial charge in [-0.1, -0.05) is 20.8 Å². The van der Waals surface area contributed by atoms with Crippen LogP contribution in [0.5, 0.6) is 0 Å². The Labute approximate surface area is 86.3 Å². The number of aryl methyl sites for hydroxylation is 1. The number of anilines is 2. The molecule has 4 N–H and O–H groups in total. The van der Waals surface area contributed by atoms with Gasteiger partial charge in [0.1, 0.15) is 0 Å². The molecule has 14 heavy (non-hydrogen) atoms. The lowest BCUT2D eigenvalue weighted by atomic mass is 9.93. The predicted molar refractivity (Wildman–Crippen MR) is 63.4 cm³/mol. The SMILES string of the molecule is CCc1cc(N)c(N)c(CC)c1CC. The minimum Gasteiger partial charge on any atom is -0.397 e. The van der Waals surface area contributed by atoms with E-state index in [-0.39, 0.29) is 0 Å². The van der Waals surface area contributed by atoms with E-state index in [4.69, 9.17) is 11.5 Å². The second-order valence-electron chi connectivity index (χ2n) is 3.56. The highest BCUT2D eigenvalue weighted by Gasteiger charge is 2.10. The summed E-state index contributed by atoms with van der Waals surface area (Å²) in [5.74, 6) is 0. The first kappa shape index (κ1) is 10.9. The van der Waals surface area contributed by atoms with Crippen LogP contribution < -0.4 is 11.5 Å². The Morgan fingerprint density at radius 3 is 1.93 bits per heavy atom. The summed E-state index contributed by atoms with van der Waals surface area (Å²) < 4.78 is 0. The highest BCUT2D eigenvalue weighted by Crippen LogP contribution is 2.28. The van der Waals surface area contributed by atoms with Crippen molar-refractivity contribution in [2.75, 3.05) is 11.5 Å². The van der Waals surface area contributed by atoms with Crippen molar-refractivity contribution in [2.45, 2.75) is 40.0 Å². The number of nitrogens with two attached hydrogens (primary N) is 2. The molecule has 1 aromatic rings. The Balaban J connectivity index is 3.42. The molecule has 0 aliphatic carbocycles. The number of hydrogen-bond acceptors (Lipinski definition) is 2. The minimum atomic E-state index is 0.732. The summed E-state index contributed by atoms with van der Waals surface area (Å²) in [6.45, 7) is 6.45. The molecule has 0 radical (unpaired) electrons. The largest absolute Gasteiger partial charge is 0.397 e. The third-order valence-electron chi connectivity index (χ3n) is 2.81. The number of benzene rings is 1. The Morgan fingerprint density at radius 1 is 0.929 bits per heavy atom. The molecule has 0 bridgehead atoms. The van der Waals surface area contributed by atoms with Gasteiger partial charge < -0.3 is 11.5 Å². The Hall–Kier alpha value is -1.18. The highest BCUT2D eigenvalue weighted by atomic mass is 14.7. The van der Waals surface area contributed by atoms with Gasteiger partial charge in [-0.3, -0.25) is 0 Å². The number of hydrogen-bond donors (Lipinski definition) is 2. The zero-order chi connectivity index (χ0) is 10.7. The average molecular weight is 192 g/mol. The quantitative estimate of drug-likeness (QED) is 0.723. The first-order chi connectivity index (χ1) is 6.65. The van der Waals surface area contributed by atoms with Crippen LogP contribution in [-0.2, 0) is 19.3 Å². The summed E-state index contributed by atoms with van der Waals surface area (Å²) in [5.41, 5.74) is 17.3. The van der Waals surface area contributed by atoms with E-state index < -0.39 is 0 Å². The van der Waals surface area contributed by atoms with Gasteiger partial charge in [-0.05, 0) is 42.0 Å². The lowest BCUT2D eigenvalue weighted by molar-refractivity contribution is 0.986. The van der Waals surface area contributed by atoms with E-state index in [1.54, 1.807) is 0 Å². The van der Waals surface area contributed by atoms with Crippen LogP contribution in [0.25, 0.3) is 0 Å². The van der Waals surface area contributed by atoms with Gasteiger partial charge >= 0.3 is 0 Å². The zero-order valence-corrected chi connectivity index (χ0v) is 9.35. The van der Waals surface area contributed by atoms with Crippen molar-refractivity contribution in [1.29, 1.82) is 0 Å². The Morgan fingerprint density at radius 2 is 1.50 bits per heavy atom. The summed E-state index contributed by atoms with van der Waals surface area (Å²) in [7, 11) is 0. The summed E-state index contributed by atoms with van der Waals surface area (Å²) in [6, 6.07) is 2.02. The van der Waals surface area contributed by atoms with Crippen LogP contribution in [0.15, 0.2) is 6.07 Å². The zero-order valence-electron chi connectivity index (χ0n) is 9.35. The first-order valence-electron chi connectivity index (χ1n) is 5.34. The van der Waals surface area contributed by atoms with Gasteiger partial charge in [-0.2, -0.15) is 0 Å². The fourth-order valence-corrected chi connectivity index (χ4v) is 2.04. The van der Waals surface area contributed by atoms with Crippen LogP contribution >= 0.6 is 0 Å². The maximum atomic E-state index is 5.97. The summed E-state index contributed by atoms with van der Waals surface area (Å²) in [5, 5.41) is 0. The van der Waals surface area contributed by atoms with Crippen LogP contribution in [-0.4, -0.2) is 0 Å². The molecule has 0 saturated carbocycles. The van der Waals surface area contributed by atoms with Crippen molar-refractivity contribution in [2.24, 2.45) is 0 Å². The van der Waals surface area contributed by atoms with Crippen LogP contribution in [0.2, 0.25) is 0 Å². The third kappa shape index (κ3) is 1.69. The molecule has 1 rings (SSSR count). The van der Waals surface area contributed by atoms with Crippen molar-refractivity contribution < 1.29 is 0 Å². The van der Waals surface area contributed by atoms with E-state index in [0.29, 0.717) is 0 Å². The Bertz CT molecular complexity index is 330. The van der Waals surface area contributed by atoms with Crippen molar-refractivity contribution >= 4 is 11.4 Å². The van der Waals surface area contributed by atoms with E-state index in [1.165, 1.54) is 16.7 Å². The second-order valence-corrected chi connectivity index (χ2v) is 3.56. The molecule has 1 aromatic carbocycles. The normalized spacial score (nSPS) is 10.5. The van der Waals surface area contributed by atoms with Crippen molar-refractivity contribution in [3.8, 4) is 0 Å². The molecular weight excluding hydrogens is 172 g/mol. The second kappa shape index (κ2) is 4.36. The Kier molecular flexibility index (Phi) is 3.39. The maximum Gasteiger partial charge on any atom is 0.0583 e. The molecule has 2 heteroatoms. The molecule has 0 heterocycles. The van der Waals surface area contributed by atoms with Crippen LogP contribution in [0.3, 0.4) is 0 Å². The number of rotatable bonds is 3. The highest BCUT2D eigenvalue weighted by molar-refractivity contribution is 5.71. The molecule has 0 aliphatic heterocycles. The first-order valence-corrected chi connectivity index (χ1v) is 5.34.